The Balaban J connectivity index is 2.04. The van der Waals surface area contributed by atoms with E-state index in [1.165, 1.54) is 25.7 Å². The topological polar surface area (TPSA) is 46.2 Å². The fourth-order valence-electron chi connectivity index (χ4n) is 4.10. The van der Waals surface area contributed by atoms with E-state index in [9.17, 15) is 8.42 Å². The maximum atomic E-state index is 12.0. The summed E-state index contributed by atoms with van der Waals surface area (Å²) in [5.74, 6) is 2.00. The Morgan fingerprint density at radius 3 is 2.50 bits per heavy atom. The van der Waals surface area contributed by atoms with E-state index in [1.807, 2.05) is 7.05 Å². The highest BCUT2D eigenvalue weighted by molar-refractivity contribution is 7.91. The van der Waals surface area contributed by atoms with Gasteiger partial charge in [0.05, 0.1) is 11.0 Å². The standard InChI is InChI=1S/C14H27NO2S/c1-11(2)18(16,17)7-6-14(10-15-3)9-12-4-5-13(14)8-12/h11-13,15H,4-10H2,1-3H3. The van der Waals surface area contributed by atoms with Crippen molar-refractivity contribution in [1.82, 2.24) is 5.32 Å². The van der Waals surface area contributed by atoms with E-state index in [1.54, 1.807) is 13.8 Å². The van der Waals surface area contributed by atoms with Crippen molar-refractivity contribution in [1.29, 1.82) is 0 Å². The van der Waals surface area contributed by atoms with Gasteiger partial charge in [-0.2, -0.15) is 0 Å². The molecule has 2 aliphatic carbocycles. The molecule has 3 atom stereocenters. The predicted octanol–water partition coefficient (Wildman–Crippen LogP) is 2.23. The molecule has 2 fully saturated rings. The maximum Gasteiger partial charge on any atom is 0.152 e. The molecule has 0 radical (unpaired) electrons. The average molecular weight is 273 g/mol. The molecule has 0 saturated heterocycles. The van der Waals surface area contributed by atoms with E-state index in [-0.39, 0.29) is 10.7 Å². The zero-order valence-electron chi connectivity index (χ0n) is 11.9. The summed E-state index contributed by atoms with van der Waals surface area (Å²) in [6.45, 7) is 4.57. The molecule has 1 N–H and O–H groups in total. The van der Waals surface area contributed by atoms with Gasteiger partial charge in [-0.1, -0.05) is 6.42 Å². The van der Waals surface area contributed by atoms with Gasteiger partial charge in [-0.05, 0) is 63.8 Å². The van der Waals surface area contributed by atoms with E-state index >= 15 is 0 Å². The van der Waals surface area contributed by atoms with Crippen LogP contribution in [0.5, 0.6) is 0 Å². The van der Waals surface area contributed by atoms with Crippen molar-refractivity contribution < 1.29 is 8.42 Å². The summed E-state index contributed by atoms with van der Waals surface area (Å²) in [7, 11) is -0.896. The highest BCUT2D eigenvalue weighted by Crippen LogP contribution is 2.57. The number of fused-ring (bicyclic) bond motifs is 2. The van der Waals surface area contributed by atoms with Gasteiger partial charge in [0, 0.05) is 6.54 Å². The van der Waals surface area contributed by atoms with E-state index in [0.717, 1.165) is 24.8 Å². The van der Waals surface area contributed by atoms with E-state index in [2.05, 4.69) is 5.32 Å². The minimum Gasteiger partial charge on any atom is -0.319 e. The fraction of sp³-hybridized carbons (Fsp3) is 1.00. The molecule has 18 heavy (non-hydrogen) atoms. The molecule has 0 aromatic rings. The van der Waals surface area contributed by atoms with Crippen LogP contribution in [0.4, 0.5) is 0 Å². The quantitative estimate of drug-likeness (QED) is 0.807. The van der Waals surface area contributed by atoms with Crippen molar-refractivity contribution >= 4 is 9.84 Å². The summed E-state index contributed by atoms with van der Waals surface area (Å²) in [6.07, 6.45) is 6.12. The molecule has 3 nitrogen and oxygen atoms in total. The second kappa shape index (κ2) is 5.12. The van der Waals surface area contributed by atoms with Gasteiger partial charge in [0.25, 0.3) is 0 Å². The fourth-order valence-corrected chi connectivity index (χ4v) is 5.26. The lowest BCUT2D eigenvalue weighted by Gasteiger charge is -2.38. The minimum atomic E-state index is -2.89. The van der Waals surface area contributed by atoms with Gasteiger partial charge in [0.2, 0.25) is 0 Å². The number of nitrogens with one attached hydrogen (secondary N) is 1. The van der Waals surface area contributed by atoms with Crippen LogP contribution in [0, 0.1) is 17.3 Å². The summed E-state index contributed by atoms with van der Waals surface area (Å²) in [5, 5.41) is 3.07. The normalized spacial score (nSPS) is 35.6. The first-order chi connectivity index (χ1) is 8.39. The van der Waals surface area contributed by atoms with Crippen molar-refractivity contribution in [3.63, 3.8) is 0 Å². The minimum absolute atomic E-state index is 0.234. The van der Waals surface area contributed by atoms with Gasteiger partial charge in [0.15, 0.2) is 9.84 Å². The second-order valence-corrected chi connectivity index (χ2v) is 9.32. The highest BCUT2D eigenvalue weighted by atomic mass is 32.2. The first-order valence-corrected chi connectivity index (χ1v) is 8.97. The molecular weight excluding hydrogens is 246 g/mol. The zero-order valence-corrected chi connectivity index (χ0v) is 12.7. The molecule has 0 aromatic carbocycles. The van der Waals surface area contributed by atoms with Crippen LogP contribution in [-0.2, 0) is 9.84 Å². The van der Waals surface area contributed by atoms with Crippen LogP contribution < -0.4 is 5.32 Å². The molecule has 0 heterocycles. The van der Waals surface area contributed by atoms with Gasteiger partial charge >= 0.3 is 0 Å². The van der Waals surface area contributed by atoms with E-state index in [0.29, 0.717) is 5.75 Å². The summed E-state index contributed by atoms with van der Waals surface area (Å²) in [6, 6.07) is 0. The Morgan fingerprint density at radius 1 is 1.33 bits per heavy atom. The molecule has 2 bridgehead atoms. The number of hydrogen-bond donors (Lipinski definition) is 1. The average Bonchev–Trinajstić information content (AvgIpc) is 2.87. The van der Waals surface area contributed by atoms with Gasteiger partial charge in [-0.15, -0.1) is 0 Å². The molecule has 0 amide bonds. The van der Waals surface area contributed by atoms with Crippen LogP contribution in [0.2, 0.25) is 0 Å². The third kappa shape index (κ3) is 2.60. The predicted molar refractivity (Wildman–Crippen MR) is 75.3 cm³/mol. The SMILES string of the molecule is CNCC1(CCS(=O)(=O)C(C)C)CC2CCC1C2. The monoisotopic (exact) mass is 273 g/mol. The number of rotatable bonds is 6. The molecular formula is C14H27NO2S. The van der Waals surface area contributed by atoms with E-state index in [4.69, 9.17) is 0 Å². The smallest absolute Gasteiger partial charge is 0.152 e. The second-order valence-electron chi connectivity index (χ2n) is 6.64. The van der Waals surface area contributed by atoms with Crippen LogP contribution in [0.15, 0.2) is 0 Å². The van der Waals surface area contributed by atoms with Gasteiger partial charge in [-0.3, -0.25) is 0 Å². The van der Waals surface area contributed by atoms with Crippen molar-refractivity contribution in [3.8, 4) is 0 Å². The van der Waals surface area contributed by atoms with E-state index < -0.39 is 9.84 Å². The zero-order chi connectivity index (χ0) is 13.4. The molecule has 106 valence electrons. The first kappa shape index (κ1) is 14.3. The number of hydrogen-bond acceptors (Lipinski definition) is 3. The summed E-state index contributed by atoms with van der Waals surface area (Å²) >= 11 is 0. The highest BCUT2D eigenvalue weighted by Gasteiger charge is 2.50. The Bertz CT molecular complexity index is 391. The molecule has 3 unspecified atom stereocenters. The lowest BCUT2D eigenvalue weighted by molar-refractivity contribution is 0.155. The summed E-state index contributed by atoms with van der Waals surface area (Å²) in [4.78, 5) is 0. The molecule has 0 aromatic heterocycles. The molecule has 2 rings (SSSR count). The lowest BCUT2D eigenvalue weighted by atomic mass is 9.71. The molecule has 2 saturated carbocycles. The summed E-state index contributed by atoms with van der Waals surface area (Å²) < 4.78 is 24.0. The van der Waals surface area contributed by atoms with Crippen LogP contribution >= 0.6 is 0 Å². The van der Waals surface area contributed by atoms with Crippen LogP contribution in [0.25, 0.3) is 0 Å². The third-order valence-corrected chi connectivity index (χ3v) is 7.44. The van der Waals surface area contributed by atoms with Crippen molar-refractivity contribution in [3.05, 3.63) is 0 Å². The van der Waals surface area contributed by atoms with Gasteiger partial charge in [-0.25, -0.2) is 8.42 Å². The van der Waals surface area contributed by atoms with Gasteiger partial charge in [0.1, 0.15) is 0 Å². The van der Waals surface area contributed by atoms with Crippen molar-refractivity contribution in [2.24, 2.45) is 17.3 Å². The lowest BCUT2D eigenvalue weighted by Crippen LogP contribution is -2.39. The first-order valence-electron chi connectivity index (χ1n) is 7.26. The van der Waals surface area contributed by atoms with Gasteiger partial charge < -0.3 is 5.32 Å². The molecule has 4 heteroatoms. The van der Waals surface area contributed by atoms with Crippen molar-refractivity contribution in [2.45, 2.75) is 51.2 Å². The maximum absolute atomic E-state index is 12.0. The third-order valence-electron chi connectivity index (χ3n) is 5.23. The Hall–Kier alpha value is -0.0900. The Labute approximate surface area is 112 Å². The van der Waals surface area contributed by atoms with Crippen LogP contribution in [0.3, 0.4) is 0 Å². The Kier molecular flexibility index (Phi) is 4.07. The van der Waals surface area contributed by atoms with Crippen LogP contribution in [-0.4, -0.2) is 33.0 Å². The molecule has 0 spiro atoms. The van der Waals surface area contributed by atoms with Crippen LogP contribution in [0.1, 0.15) is 46.0 Å². The largest absolute Gasteiger partial charge is 0.319 e. The molecule has 0 aliphatic heterocycles. The number of sulfone groups is 1. The molecule has 2 aliphatic rings. The summed E-state index contributed by atoms with van der Waals surface area (Å²) in [5.41, 5.74) is 0.264. The van der Waals surface area contributed by atoms with Crippen molar-refractivity contribution in [2.75, 3.05) is 19.3 Å². The Morgan fingerprint density at radius 2 is 2.06 bits per heavy atom.